The predicted octanol–water partition coefficient (Wildman–Crippen LogP) is 5.05. The first-order valence-corrected chi connectivity index (χ1v) is 9.79. The number of aromatic nitrogens is 2. The summed E-state index contributed by atoms with van der Waals surface area (Å²) >= 11 is 1.43. The second-order valence-electron chi connectivity index (χ2n) is 8.00. The zero-order valence-corrected chi connectivity index (χ0v) is 17.1. The van der Waals surface area contributed by atoms with Gasteiger partial charge in [-0.25, -0.2) is 4.98 Å². The summed E-state index contributed by atoms with van der Waals surface area (Å²) in [6, 6.07) is 9.82. The summed E-state index contributed by atoms with van der Waals surface area (Å²) in [6.07, 6.45) is 0. The smallest absolute Gasteiger partial charge is 0.268 e. The molecule has 0 fully saturated rings. The van der Waals surface area contributed by atoms with E-state index in [-0.39, 0.29) is 11.3 Å². The van der Waals surface area contributed by atoms with Gasteiger partial charge in [0, 0.05) is 18.0 Å². The van der Waals surface area contributed by atoms with Crippen molar-refractivity contribution in [3.8, 4) is 0 Å². The SMILES string of the molecule is C=C(C)c1ccc(C(=O)Nc2nc3ccc(CNCC(C)(C)C)cc3[nH]2)s1. The molecule has 1 aromatic carbocycles. The molecular weight excluding hydrogens is 356 g/mol. The number of fused-ring (bicyclic) bond motifs is 1. The van der Waals surface area contributed by atoms with Gasteiger partial charge >= 0.3 is 0 Å². The molecular formula is C21H26N4OS. The fourth-order valence-corrected chi connectivity index (χ4v) is 3.49. The molecule has 0 aliphatic rings. The lowest BCUT2D eigenvalue weighted by Gasteiger charge is -2.18. The summed E-state index contributed by atoms with van der Waals surface area (Å²) in [6.45, 7) is 14.2. The van der Waals surface area contributed by atoms with Crippen LogP contribution in [0.15, 0.2) is 36.9 Å². The lowest BCUT2D eigenvalue weighted by atomic mass is 9.97. The van der Waals surface area contributed by atoms with Gasteiger partial charge in [-0.15, -0.1) is 11.3 Å². The van der Waals surface area contributed by atoms with E-state index in [1.165, 1.54) is 16.9 Å². The number of nitrogens with one attached hydrogen (secondary N) is 3. The van der Waals surface area contributed by atoms with E-state index in [9.17, 15) is 4.79 Å². The highest BCUT2D eigenvalue weighted by Crippen LogP contribution is 2.24. The van der Waals surface area contributed by atoms with Crippen LogP contribution in [0.5, 0.6) is 0 Å². The first-order chi connectivity index (χ1) is 12.7. The third-order valence-corrected chi connectivity index (χ3v) is 5.26. The number of hydrogen-bond donors (Lipinski definition) is 3. The van der Waals surface area contributed by atoms with Crippen LogP contribution in [0.25, 0.3) is 16.6 Å². The molecule has 0 saturated carbocycles. The predicted molar refractivity (Wildman–Crippen MR) is 114 cm³/mol. The molecule has 0 radical (unpaired) electrons. The number of nitrogens with zero attached hydrogens (tertiary/aromatic N) is 1. The minimum Gasteiger partial charge on any atom is -0.324 e. The van der Waals surface area contributed by atoms with Crippen LogP contribution < -0.4 is 10.6 Å². The number of benzene rings is 1. The molecule has 3 aromatic rings. The Kier molecular flexibility index (Phi) is 5.48. The zero-order chi connectivity index (χ0) is 19.6. The summed E-state index contributed by atoms with van der Waals surface area (Å²) in [5.74, 6) is 0.290. The van der Waals surface area contributed by atoms with Gasteiger partial charge in [0.15, 0.2) is 0 Å². The quantitative estimate of drug-likeness (QED) is 0.559. The van der Waals surface area contributed by atoms with Crippen molar-refractivity contribution in [1.82, 2.24) is 15.3 Å². The standard InChI is InChI=1S/C21H26N4OS/c1-13(2)17-8-9-18(27-17)19(26)25-20-23-15-7-6-14(10-16(15)24-20)11-22-12-21(3,4)5/h6-10,22H,1,11-12H2,2-5H3,(H2,23,24,25,26). The minimum absolute atomic E-state index is 0.168. The molecule has 0 spiro atoms. The monoisotopic (exact) mass is 382 g/mol. The first-order valence-electron chi connectivity index (χ1n) is 8.98. The molecule has 2 heterocycles. The topological polar surface area (TPSA) is 69.8 Å². The number of imidazole rings is 1. The highest BCUT2D eigenvalue weighted by Gasteiger charge is 2.13. The summed E-state index contributed by atoms with van der Waals surface area (Å²) in [4.78, 5) is 21.7. The van der Waals surface area contributed by atoms with Gasteiger partial charge in [0.1, 0.15) is 0 Å². The minimum atomic E-state index is -0.168. The number of H-pyrrole nitrogens is 1. The van der Waals surface area contributed by atoms with Crippen LogP contribution in [0.1, 0.15) is 47.8 Å². The van der Waals surface area contributed by atoms with Gasteiger partial charge in [0.05, 0.1) is 15.9 Å². The van der Waals surface area contributed by atoms with Gasteiger partial charge in [0.25, 0.3) is 5.91 Å². The molecule has 27 heavy (non-hydrogen) atoms. The lowest BCUT2D eigenvalue weighted by Crippen LogP contribution is -2.26. The van der Waals surface area contributed by atoms with Crippen molar-refractivity contribution in [3.05, 3.63) is 52.2 Å². The van der Waals surface area contributed by atoms with E-state index in [0.29, 0.717) is 10.8 Å². The highest BCUT2D eigenvalue weighted by atomic mass is 32.1. The maximum atomic E-state index is 12.4. The van der Waals surface area contributed by atoms with Crippen LogP contribution in [0, 0.1) is 5.41 Å². The summed E-state index contributed by atoms with van der Waals surface area (Å²) in [7, 11) is 0. The summed E-state index contributed by atoms with van der Waals surface area (Å²) in [5.41, 5.74) is 4.13. The third-order valence-electron chi connectivity index (χ3n) is 4.01. The second kappa shape index (κ2) is 7.66. The van der Waals surface area contributed by atoms with E-state index in [1.807, 2.05) is 25.1 Å². The van der Waals surface area contributed by atoms with Crippen molar-refractivity contribution in [2.45, 2.75) is 34.2 Å². The van der Waals surface area contributed by atoms with Crippen LogP contribution in [0.4, 0.5) is 5.95 Å². The van der Waals surface area contributed by atoms with E-state index in [1.54, 1.807) is 0 Å². The summed E-state index contributed by atoms with van der Waals surface area (Å²) < 4.78 is 0. The number of anilines is 1. The van der Waals surface area contributed by atoms with Gasteiger partial charge < -0.3 is 10.3 Å². The number of rotatable bonds is 6. The molecule has 3 rings (SSSR count). The second-order valence-corrected chi connectivity index (χ2v) is 9.08. The van der Waals surface area contributed by atoms with E-state index >= 15 is 0 Å². The van der Waals surface area contributed by atoms with Gasteiger partial charge in [0.2, 0.25) is 5.95 Å². The Bertz CT molecular complexity index is 978. The van der Waals surface area contributed by atoms with Crippen molar-refractivity contribution in [2.24, 2.45) is 5.41 Å². The average Bonchev–Trinajstić information content (AvgIpc) is 3.19. The lowest BCUT2D eigenvalue weighted by molar-refractivity contribution is 0.103. The number of allylic oxidation sites excluding steroid dienone is 1. The van der Waals surface area contributed by atoms with Gasteiger partial charge in [-0.3, -0.25) is 10.1 Å². The van der Waals surface area contributed by atoms with Crippen LogP contribution in [0.3, 0.4) is 0 Å². The number of amides is 1. The Morgan fingerprint density at radius 3 is 2.63 bits per heavy atom. The van der Waals surface area contributed by atoms with E-state index in [4.69, 9.17) is 0 Å². The molecule has 1 amide bonds. The molecule has 6 heteroatoms. The Morgan fingerprint density at radius 1 is 1.22 bits per heavy atom. The number of carbonyl (C=O) groups is 1. The number of thiophene rings is 1. The molecule has 0 aliphatic carbocycles. The molecule has 3 N–H and O–H groups in total. The Hall–Kier alpha value is -2.44. The third kappa shape index (κ3) is 5.05. The largest absolute Gasteiger partial charge is 0.324 e. The number of hydrogen-bond acceptors (Lipinski definition) is 4. The zero-order valence-electron chi connectivity index (χ0n) is 16.3. The van der Waals surface area contributed by atoms with Crippen molar-refractivity contribution in [1.29, 1.82) is 0 Å². The molecule has 2 aromatic heterocycles. The number of aromatic amines is 1. The number of carbonyl (C=O) groups excluding carboxylic acids is 1. The van der Waals surface area contributed by atoms with E-state index in [2.05, 4.69) is 60.1 Å². The van der Waals surface area contributed by atoms with Crippen LogP contribution in [-0.2, 0) is 6.54 Å². The Balaban J connectivity index is 1.68. The van der Waals surface area contributed by atoms with Crippen molar-refractivity contribution < 1.29 is 4.79 Å². The maximum absolute atomic E-state index is 12.4. The first kappa shape index (κ1) is 19.3. The van der Waals surface area contributed by atoms with Crippen LogP contribution >= 0.6 is 11.3 Å². The molecule has 142 valence electrons. The fourth-order valence-electron chi connectivity index (χ4n) is 2.67. The molecule has 0 aliphatic heterocycles. The van der Waals surface area contributed by atoms with Crippen LogP contribution in [-0.4, -0.2) is 22.4 Å². The van der Waals surface area contributed by atoms with Crippen molar-refractivity contribution in [2.75, 3.05) is 11.9 Å². The molecule has 0 bridgehead atoms. The Morgan fingerprint density at radius 2 is 1.96 bits per heavy atom. The molecule has 0 atom stereocenters. The van der Waals surface area contributed by atoms with Gasteiger partial charge in [-0.1, -0.05) is 33.4 Å². The molecule has 0 unspecified atom stereocenters. The average molecular weight is 383 g/mol. The van der Waals surface area contributed by atoms with Crippen molar-refractivity contribution >= 4 is 39.8 Å². The van der Waals surface area contributed by atoms with E-state index in [0.717, 1.165) is 34.6 Å². The van der Waals surface area contributed by atoms with Gasteiger partial charge in [-0.05, 0) is 47.7 Å². The fraction of sp³-hybridized carbons (Fsp3) is 0.333. The normalized spacial score (nSPS) is 11.7. The Labute approximate surface area is 163 Å². The van der Waals surface area contributed by atoms with E-state index < -0.39 is 0 Å². The van der Waals surface area contributed by atoms with Crippen LogP contribution in [0.2, 0.25) is 0 Å². The molecule has 0 saturated heterocycles. The maximum Gasteiger partial charge on any atom is 0.268 e. The van der Waals surface area contributed by atoms with Crippen molar-refractivity contribution in [3.63, 3.8) is 0 Å². The highest BCUT2D eigenvalue weighted by molar-refractivity contribution is 7.15. The molecule has 5 nitrogen and oxygen atoms in total. The van der Waals surface area contributed by atoms with Gasteiger partial charge in [-0.2, -0.15) is 0 Å². The summed E-state index contributed by atoms with van der Waals surface area (Å²) in [5, 5.41) is 6.31.